The molecule has 2 heterocycles. The summed E-state index contributed by atoms with van der Waals surface area (Å²) in [5, 5.41) is 7.74. The van der Waals surface area contributed by atoms with Crippen LogP contribution in [0.4, 0.5) is 10.5 Å². The Hall–Kier alpha value is -2.61. The minimum atomic E-state index is -0.515. The lowest BCUT2D eigenvalue weighted by Crippen LogP contribution is -2.50. The number of rotatable bonds is 4. The first-order chi connectivity index (χ1) is 12.8. The van der Waals surface area contributed by atoms with Crippen LogP contribution in [-0.4, -0.2) is 57.2 Å². The Balaban J connectivity index is 1.72. The Kier molecular flexibility index (Phi) is 5.65. The van der Waals surface area contributed by atoms with E-state index in [-0.39, 0.29) is 12.1 Å². The molecule has 0 aliphatic carbocycles. The Labute approximate surface area is 159 Å². The van der Waals surface area contributed by atoms with Gasteiger partial charge in [0.1, 0.15) is 18.3 Å². The van der Waals surface area contributed by atoms with Crippen LogP contribution < -0.4 is 5.73 Å². The van der Waals surface area contributed by atoms with Crippen LogP contribution >= 0.6 is 0 Å². The molecule has 1 amide bonds. The molecule has 0 bridgehead atoms. The topological polar surface area (TPSA) is 95.5 Å². The van der Waals surface area contributed by atoms with Crippen molar-refractivity contribution in [1.29, 1.82) is 0 Å². The predicted octanol–water partition coefficient (Wildman–Crippen LogP) is 2.42. The molecule has 1 aliphatic heterocycles. The molecule has 1 aromatic heterocycles. The van der Waals surface area contributed by atoms with Crippen LogP contribution in [0.3, 0.4) is 0 Å². The summed E-state index contributed by atoms with van der Waals surface area (Å²) in [6.45, 7) is 7.21. The van der Waals surface area contributed by atoms with E-state index in [1.54, 1.807) is 17.6 Å². The van der Waals surface area contributed by atoms with E-state index < -0.39 is 5.60 Å². The molecule has 0 saturated carbocycles. The van der Waals surface area contributed by atoms with Crippen molar-refractivity contribution in [3.05, 3.63) is 36.4 Å². The lowest BCUT2D eigenvalue weighted by atomic mass is 10.0. The summed E-state index contributed by atoms with van der Waals surface area (Å²) in [6.07, 6.45) is 4.54. The molecular formula is C19H27N5O3. The SMILES string of the molecule is CC(C)(C)OC(=O)N1CCOCC1CCc1ccc(N)cc1-n1cnnc1. The molecule has 27 heavy (non-hydrogen) atoms. The number of carbonyl (C=O) groups excluding carboxylic acids is 1. The molecule has 1 saturated heterocycles. The standard InChI is InChI=1S/C19H27N5O3/c1-19(2,3)27-18(25)24-8-9-26-11-16(24)7-5-14-4-6-15(20)10-17(14)23-12-21-22-13-23/h4,6,10,12-13,16H,5,7-9,11,20H2,1-3H3. The quantitative estimate of drug-likeness (QED) is 0.827. The van der Waals surface area contributed by atoms with Crippen molar-refractivity contribution in [2.75, 3.05) is 25.5 Å². The maximum absolute atomic E-state index is 12.5. The van der Waals surface area contributed by atoms with E-state index in [0.29, 0.717) is 25.4 Å². The third kappa shape index (κ3) is 4.97. The Morgan fingerprint density at radius 2 is 2.07 bits per heavy atom. The van der Waals surface area contributed by atoms with Crippen molar-refractivity contribution in [2.45, 2.75) is 45.3 Å². The van der Waals surface area contributed by atoms with Crippen LogP contribution in [0.15, 0.2) is 30.9 Å². The monoisotopic (exact) mass is 373 g/mol. The van der Waals surface area contributed by atoms with Crippen LogP contribution in [0, 0.1) is 0 Å². The number of hydrogen-bond acceptors (Lipinski definition) is 6. The fourth-order valence-corrected chi connectivity index (χ4v) is 3.13. The van der Waals surface area contributed by atoms with Gasteiger partial charge in [-0.1, -0.05) is 6.07 Å². The predicted molar refractivity (Wildman–Crippen MR) is 102 cm³/mol. The van der Waals surface area contributed by atoms with Crippen LogP contribution in [0.25, 0.3) is 5.69 Å². The van der Waals surface area contributed by atoms with Gasteiger partial charge in [0.25, 0.3) is 0 Å². The lowest BCUT2D eigenvalue weighted by Gasteiger charge is -2.36. The molecule has 2 aromatic rings. The number of ether oxygens (including phenoxy) is 2. The van der Waals surface area contributed by atoms with Gasteiger partial charge in [-0.25, -0.2) is 4.79 Å². The molecule has 2 N–H and O–H groups in total. The average molecular weight is 373 g/mol. The summed E-state index contributed by atoms with van der Waals surface area (Å²) in [5.74, 6) is 0. The normalized spacial score (nSPS) is 17.7. The maximum atomic E-state index is 12.5. The van der Waals surface area contributed by atoms with Crippen molar-refractivity contribution >= 4 is 11.8 Å². The summed E-state index contributed by atoms with van der Waals surface area (Å²) >= 11 is 0. The van der Waals surface area contributed by atoms with Crippen LogP contribution in [0.2, 0.25) is 0 Å². The fraction of sp³-hybridized carbons (Fsp3) is 0.526. The van der Waals surface area contributed by atoms with Gasteiger partial charge in [0, 0.05) is 12.2 Å². The number of morpholine rings is 1. The van der Waals surface area contributed by atoms with Crippen molar-refractivity contribution < 1.29 is 14.3 Å². The highest BCUT2D eigenvalue weighted by Gasteiger charge is 2.30. The number of nitrogens with two attached hydrogens (primary N) is 1. The Morgan fingerprint density at radius 3 is 2.78 bits per heavy atom. The highest BCUT2D eigenvalue weighted by molar-refractivity contribution is 5.68. The second-order valence-corrected chi connectivity index (χ2v) is 7.70. The summed E-state index contributed by atoms with van der Waals surface area (Å²) in [6, 6.07) is 5.76. The minimum absolute atomic E-state index is 0.0279. The van der Waals surface area contributed by atoms with E-state index in [4.69, 9.17) is 15.2 Å². The molecule has 1 fully saturated rings. The number of carbonyl (C=O) groups is 1. The number of hydrogen-bond donors (Lipinski definition) is 1. The Morgan fingerprint density at radius 1 is 1.33 bits per heavy atom. The van der Waals surface area contributed by atoms with Crippen molar-refractivity contribution in [2.24, 2.45) is 0 Å². The zero-order valence-electron chi connectivity index (χ0n) is 16.1. The third-order valence-corrected chi connectivity index (χ3v) is 4.41. The second-order valence-electron chi connectivity index (χ2n) is 7.70. The molecule has 146 valence electrons. The fourth-order valence-electron chi connectivity index (χ4n) is 3.13. The molecule has 3 rings (SSSR count). The van der Waals surface area contributed by atoms with Gasteiger partial charge in [0.05, 0.1) is 24.9 Å². The zero-order valence-corrected chi connectivity index (χ0v) is 16.1. The van der Waals surface area contributed by atoms with Gasteiger partial charge < -0.3 is 20.1 Å². The number of amides is 1. The van der Waals surface area contributed by atoms with Crippen molar-refractivity contribution in [1.82, 2.24) is 19.7 Å². The number of nitrogen functional groups attached to an aromatic ring is 1. The number of benzene rings is 1. The minimum Gasteiger partial charge on any atom is -0.444 e. The molecule has 0 spiro atoms. The molecular weight excluding hydrogens is 346 g/mol. The maximum Gasteiger partial charge on any atom is 0.410 e. The average Bonchev–Trinajstić information content (AvgIpc) is 3.14. The first-order valence-electron chi connectivity index (χ1n) is 9.14. The van der Waals surface area contributed by atoms with Gasteiger partial charge in [-0.15, -0.1) is 10.2 Å². The summed E-state index contributed by atoms with van der Waals surface area (Å²) in [7, 11) is 0. The Bertz CT molecular complexity index is 770. The van der Waals surface area contributed by atoms with Crippen molar-refractivity contribution in [3.8, 4) is 5.69 Å². The van der Waals surface area contributed by atoms with Gasteiger partial charge >= 0.3 is 6.09 Å². The number of aromatic nitrogens is 3. The highest BCUT2D eigenvalue weighted by atomic mass is 16.6. The molecule has 8 heteroatoms. The number of anilines is 1. The third-order valence-electron chi connectivity index (χ3n) is 4.41. The van der Waals surface area contributed by atoms with E-state index >= 15 is 0 Å². The molecule has 8 nitrogen and oxygen atoms in total. The van der Waals surface area contributed by atoms with Gasteiger partial charge in [-0.05, 0) is 51.3 Å². The van der Waals surface area contributed by atoms with E-state index in [2.05, 4.69) is 10.2 Å². The van der Waals surface area contributed by atoms with Gasteiger partial charge in [-0.3, -0.25) is 4.57 Å². The number of nitrogens with zero attached hydrogens (tertiary/aromatic N) is 4. The molecule has 1 aliphatic rings. The van der Waals surface area contributed by atoms with E-state index in [0.717, 1.165) is 24.1 Å². The molecule has 1 aromatic carbocycles. The smallest absolute Gasteiger partial charge is 0.410 e. The van der Waals surface area contributed by atoms with E-state index in [1.165, 1.54) is 0 Å². The molecule has 1 atom stereocenters. The van der Waals surface area contributed by atoms with Gasteiger partial charge in [-0.2, -0.15) is 0 Å². The first-order valence-corrected chi connectivity index (χ1v) is 9.14. The second kappa shape index (κ2) is 7.96. The van der Waals surface area contributed by atoms with E-state index in [9.17, 15) is 4.79 Å². The summed E-state index contributed by atoms with van der Waals surface area (Å²) < 4.78 is 13.0. The first kappa shape index (κ1) is 19.2. The van der Waals surface area contributed by atoms with Gasteiger partial charge in [0.15, 0.2) is 0 Å². The van der Waals surface area contributed by atoms with Crippen LogP contribution in [0.5, 0.6) is 0 Å². The largest absolute Gasteiger partial charge is 0.444 e. The zero-order chi connectivity index (χ0) is 19.4. The molecule has 0 radical (unpaired) electrons. The van der Waals surface area contributed by atoms with Crippen molar-refractivity contribution in [3.63, 3.8) is 0 Å². The molecule has 1 unspecified atom stereocenters. The summed E-state index contributed by atoms with van der Waals surface area (Å²) in [5.41, 5.74) is 8.17. The van der Waals surface area contributed by atoms with E-state index in [1.807, 2.05) is 43.5 Å². The number of aryl methyl sites for hydroxylation is 1. The summed E-state index contributed by atoms with van der Waals surface area (Å²) in [4.78, 5) is 14.3. The van der Waals surface area contributed by atoms with Crippen LogP contribution in [0.1, 0.15) is 32.8 Å². The van der Waals surface area contributed by atoms with Crippen LogP contribution in [-0.2, 0) is 15.9 Å². The lowest BCUT2D eigenvalue weighted by molar-refractivity contribution is -0.0338. The highest BCUT2D eigenvalue weighted by Crippen LogP contribution is 2.23. The van der Waals surface area contributed by atoms with Gasteiger partial charge in [0.2, 0.25) is 0 Å².